The molecule has 11 heteroatoms. The molecule has 0 fully saturated rings. The third-order valence-corrected chi connectivity index (χ3v) is 5.45. The number of hydrogen-bond acceptors (Lipinski definition) is 8. The van der Waals surface area contributed by atoms with Gasteiger partial charge in [-0.15, -0.1) is 0 Å². The first-order valence-corrected chi connectivity index (χ1v) is 9.59. The largest absolute Gasteiger partial charge is 0.377 e. The third-order valence-electron chi connectivity index (χ3n) is 4.17. The van der Waals surface area contributed by atoms with Crippen molar-refractivity contribution < 1.29 is 22.4 Å². The Hall–Kier alpha value is -3.73. The highest BCUT2D eigenvalue weighted by molar-refractivity contribution is 7.87. The number of nitro benzene ring substituents is 2. The summed E-state index contributed by atoms with van der Waals surface area (Å²) in [6.07, 6.45) is 0. The zero-order valence-corrected chi connectivity index (χ0v) is 16.1. The molecule has 3 aromatic carbocycles. The first-order valence-electron chi connectivity index (χ1n) is 8.19. The Morgan fingerprint density at radius 3 is 1.90 bits per heavy atom. The molecule has 0 radical (unpaired) electrons. The Labute approximate surface area is 165 Å². The van der Waals surface area contributed by atoms with Crippen LogP contribution >= 0.6 is 0 Å². The molecule has 3 rings (SSSR count). The van der Waals surface area contributed by atoms with Crippen LogP contribution in [0.15, 0.2) is 59.5 Å². The van der Waals surface area contributed by atoms with Gasteiger partial charge in [0, 0.05) is 42.7 Å². The molecule has 3 aromatic rings. The van der Waals surface area contributed by atoms with E-state index in [0.717, 1.165) is 23.9 Å². The van der Waals surface area contributed by atoms with Crippen LogP contribution in [-0.2, 0) is 10.1 Å². The maximum atomic E-state index is 13.0. The van der Waals surface area contributed by atoms with Gasteiger partial charge in [0.15, 0.2) is 0 Å². The average Bonchev–Trinajstić information content (AvgIpc) is 2.66. The summed E-state index contributed by atoms with van der Waals surface area (Å²) >= 11 is 0. The second-order valence-electron chi connectivity index (χ2n) is 6.20. The second-order valence-corrected chi connectivity index (χ2v) is 7.71. The van der Waals surface area contributed by atoms with Crippen molar-refractivity contribution in [3.8, 4) is 5.75 Å². The molecule has 0 N–H and O–H groups in total. The fraction of sp³-hybridized carbons (Fsp3) is 0.111. The minimum Gasteiger partial charge on any atom is -0.377 e. The van der Waals surface area contributed by atoms with E-state index in [1.165, 1.54) is 12.1 Å². The van der Waals surface area contributed by atoms with Gasteiger partial charge in [-0.3, -0.25) is 20.2 Å². The van der Waals surface area contributed by atoms with Gasteiger partial charge in [-0.25, -0.2) is 0 Å². The molecule has 0 aliphatic carbocycles. The fourth-order valence-corrected chi connectivity index (χ4v) is 4.09. The van der Waals surface area contributed by atoms with E-state index in [2.05, 4.69) is 0 Å². The van der Waals surface area contributed by atoms with E-state index < -0.39 is 37.1 Å². The summed E-state index contributed by atoms with van der Waals surface area (Å²) in [7, 11) is -1.03. The van der Waals surface area contributed by atoms with Crippen LogP contribution in [0.5, 0.6) is 5.75 Å². The summed E-state index contributed by atoms with van der Waals surface area (Å²) in [5, 5.41) is 23.4. The van der Waals surface area contributed by atoms with Crippen LogP contribution in [0, 0.1) is 20.2 Å². The normalized spacial score (nSPS) is 11.2. The third kappa shape index (κ3) is 3.67. The van der Waals surface area contributed by atoms with Crippen LogP contribution in [0.4, 0.5) is 17.1 Å². The molecule has 0 aliphatic rings. The van der Waals surface area contributed by atoms with Crippen LogP contribution in [0.25, 0.3) is 10.8 Å². The minimum atomic E-state index is -4.62. The Bertz CT molecular complexity index is 1210. The van der Waals surface area contributed by atoms with Gasteiger partial charge in [0.25, 0.3) is 5.75 Å². The summed E-state index contributed by atoms with van der Waals surface area (Å²) in [4.78, 5) is 22.2. The molecule has 0 amide bonds. The lowest BCUT2D eigenvalue weighted by Gasteiger charge is -2.17. The Morgan fingerprint density at radius 1 is 0.828 bits per heavy atom. The summed E-state index contributed by atoms with van der Waals surface area (Å²) < 4.78 is 30.9. The number of rotatable bonds is 6. The van der Waals surface area contributed by atoms with Crippen molar-refractivity contribution in [1.82, 2.24) is 0 Å². The number of benzene rings is 3. The predicted molar refractivity (Wildman–Crippen MR) is 106 cm³/mol. The first-order chi connectivity index (χ1) is 13.6. The van der Waals surface area contributed by atoms with E-state index in [9.17, 15) is 28.6 Å². The number of fused-ring (bicyclic) bond motifs is 1. The van der Waals surface area contributed by atoms with Crippen LogP contribution in [0.3, 0.4) is 0 Å². The maximum Gasteiger partial charge on any atom is 0.340 e. The van der Waals surface area contributed by atoms with Gasteiger partial charge in [0.1, 0.15) is 4.90 Å². The number of nitrogens with zero attached hydrogens (tertiary/aromatic N) is 3. The van der Waals surface area contributed by atoms with E-state index >= 15 is 0 Å². The average molecular weight is 417 g/mol. The molecule has 0 aromatic heterocycles. The molecule has 0 bridgehead atoms. The van der Waals surface area contributed by atoms with Gasteiger partial charge >= 0.3 is 21.5 Å². The Balaban J connectivity index is 2.22. The van der Waals surface area contributed by atoms with E-state index in [0.29, 0.717) is 10.8 Å². The molecule has 0 aliphatic heterocycles. The van der Waals surface area contributed by atoms with Crippen LogP contribution < -0.4 is 9.08 Å². The van der Waals surface area contributed by atoms with Crippen LogP contribution in [-0.4, -0.2) is 32.4 Å². The van der Waals surface area contributed by atoms with Crippen molar-refractivity contribution >= 4 is 38.0 Å². The highest BCUT2D eigenvalue weighted by atomic mass is 32.2. The van der Waals surface area contributed by atoms with E-state index in [4.69, 9.17) is 4.18 Å². The van der Waals surface area contributed by atoms with Crippen LogP contribution in [0.2, 0.25) is 0 Å². The van der Waals surface area contributed by atoms with Crippen molar-refractivity contribution in [2.45, 2.75) is 4.90 Å². The molecule has 0 saturated carbocycles. The van der Waals surface area contributed by atoms with E-state index in [-0.39, 0.29) is 4.90 Å². The molecule has 29 heavy (non-hydrogen) atoms. The van der Waals surface area contributed by atoms with Crippen molar-refractivity contribution in [3.05, 3.63) is 74.8 Å². The summed E-state index contributed by atoms with van der Waals surface area (Å²) in [5.41, 5.74) is -0.898. The lowest BCUT2D eigenvalue weighted by Crippen LogP contribution is -2.13. The van der Waals surface area contributed by atoms with Gasteiger partial charge in [-0.1, -0.05) is 24.3 Å². The molecule has 0 unspecified atom stereocenters. The van der Waals surface area contributed by atoms with Crippen molar-refractivity contribution in [3.63, 3.8) is 0 Å². The first kappa shape index (κ1) is 20.0. The lowest BCUT2D eigenvalue weighted by atomic mass is 10.1. The number of anilines is 1. The molecule has 0 spiro atoms. The number of hydrogen-bond donors (Lipinski definition) is 0. The molecule has 0 saturated heterocycles. The quantitative estimate of drug-likeness (QED) is 0.338. The van der Waals surface area contributed by atoms with Crippen LogP contribution in [0.1, 0.15) is 0 Å². The smallest absolute Gasteiger partial charge is 0.340 e. The molecule has 150 valence electrons. The zero-order valence-electron chi connectivity index (χ0n) is 15.3. The Morgan fingerprint density at radius 2 is 1.34 bits per heavy atom. The highest BCUT2D eigenvalue weighted by Crippen LogP contribution is 2.39. The zero-order chi connectivity index (χ0) is 21.3. The number of nitro groups is 2. The molecule has 0 atom stereocenters. The molecular weight excluding hydrogens is 402 g/mol. The highest BCUT2D eigenvalue weighted by Gasteiger charge is 2.32. The van der Waals surface area contributed by atoms with Gasteiger partial charge in [0.05, 0.1) is 9.85 Å². The fourth-order valence-electron chi connectivity index (χ4n) is 2.91. The maximum absolute atomic E-state index is 13.0. The molecule has 10 nitrogen and oxygen atoms in total. The predicted octanol–water partition coefficient (Wildman–Crippen LogP) is 3.49. The Kier molecular flexibility index (Phi) is 5.08. The van der Waals surface area contributed by atoms with Crippen molar-refractivity contribution in [1.29, 1.82) is 0 Å². The van der Waals surface area contributed by atoms with Gasteiger partial charge in [0.2, 0.25) is 0 Å². The molecule has 0 heterocycles. The topological polar surface area (TPSA) is 133 Å². The van der Waals surface area contributed by atoms with Gasteiger partial charge in [-0.2, -0.15) is 8.42 Å². The second kappa shape index (κ2) is 7.36. The van der Waals surface area contributed by atoms with Crippen molar-refractivity contribution in [2.75, 3.05) is 19.0 Å². The van der Waals surface area contributed by atoms with E-state index in [1.54, 1.807) is 43.3 Å². The lowest BCUT2D eigenvalue weighted by molar-refractivity contribution is -0.395. The summed E-state index contributed by atoms with van der Waals surface area (Å²) in [6, 6.07) is 12.5. The number of para-hydroxylation sites is 1. The molecular formula is C18H15N3O7S. The van der Waals surface area contributed by atoms with E-state index in [1.807, 2.05) is 0 Å². The monoisotopic (exact) mass is 417 g/mol. The standard InChI is InChI=1S/C18H15N3O7S/c1-19(2)14-8-3-7-13-12(14)6-4-11-17(13)29(26,27)28-18-15(20(22)23)9-5-10-16(18)21(24)25/h3-11H,1-2H3. The summed E-state index contributed by atoms with van der Waals surface area (Å²) in [6.45, 7) is 0. The SMILES string of the molecule is CN(C)c1cccc2c(S(=O)(=O)Oc3c([N+](=O)[O-])cccc3[N+](=O)[O-])cccc12. The van der Waals surface area contributed by atoms with Crippen molar-refractivity contribution in [2.24, 2.45) is 0 Å². The van der Waals surface area contributed by atoms with Gasteiger partial charge < -0.3 is 9.08 Å². The summed E-state index contributed by atoms with van der Waals surface area (Å²) in [5.74, 6) is -0.941. The minimum absolute atomic E-state index is 0.258. The van der Waals surface area contributed by atoms with Gasteiger partial charge in [-0.05, 0) is 18.2 Å².